The monoisotopic (exact) mass is 401 g/mol. The first-order valence-electron chi connectivity index (χ1n) is 7.44. The quantitative estimate of drug-likeness (QED) is 0.703. The van der Waals surface area contributed by atoms with Crippen LogP contribution in [0.15, 0.2) is 59.3 Å². The van der Waals surface area contributed by atoms with Gasteiger partial charge >= 0.3 is 0 Å². The van der Waals surface area contributed by atoms with Crippen molar-refractivity contribution in [3.63, 3.8) is 0 Å². The van der Waals surface area contributed by atoms with Crippen LogP contribution in [-0.2, 0) is 0 Å². The first-order valence-corrected chi connectivity index (χ1v) is 8.24. The highest BCUT2D eigenvalue weighted by Gasteiger charge is 2.13. The number of carbonyl (C=O) groups is 1. The third-order valence-electron chi connectivity index (χ3n) is 3.59. The van der Waals surface area contributed by atoms with E-state index in [1.807, 2.05) is 24.3 Å². The lowest BCUT2D eigenvalue weighted by Crippen LogP contribution is -2.12. The number of halogens is 1. The fourth-order valence-corrected chi connectivity index (χ4v) is 2.54. The molecule has 0 spiro atoms. The maximum Gasteiger partial charge on any atom is 0.258 e. The number of methoxy groups -OCH3 is 2. The summed E-state index contributed by atoms with van der Waals surface area (Å²) in [7, 11) is 3.11. The smallest absolute Gasteiger partial charge is 0.258 e. The lowest BCUT2D eigenvalue weighted by molar-refractivity contribution is 0.102. The number of hydrogen-bond donors (Lipinski definition) is 1. The predicted octanol–water partition coefficient (Wildman–Crippen LogP) is 3.90. The van der Waals surface area contributed by atoms with E-state index >= 15 is 0 Å². The summed E-state index contributed by atoms with van der Waals surface area (Å²) < 4.78 is 13.1. The van der Waals surface area contributed by atoms with E-state index in [1.54, 1.807) is 36.2 Å². The van der Waals surface area contributed by atoms with Crippen molar-refractivity contribution in [3.8, 4) is 17.2 Å². The van der Waals surface area contributed by atoms with Crippen molar-refractivity contribution in [1.29, 1.82) is 0 Å². The molecule has 0 aliphatic heterocycles. The number of anilines is 1. The Bertz CT molecular complexity index is 891. The van der Waals surface area contributed by atoms with Crippen molar-refractivity contribution in [2.75, 3.05) is 19.5 Å². The van der Waals surface area contributed by atoms with Gasteiger partial charge in [-0.3, -0.25) is 4.79 Å². The molecular weight excluding hydrogens is 386 g/mol. The molecule has 0 fully saturated rings. The number of hydrogen-bond acceptors (Lipinski definition) is 4. The molecule has 2 aromatic carbocycles. The Hall–Kier alpha value is -2.80. The minimum Gasteiger partial charge on any atom is -0.497 e. The highest BCUT2D eigenvalue weighted by atomic mass is 79.9. The molecule has 128 valence electrons. The Morgan fingerprint density at radius 1 is 1.12 bits per heavy atom. The van der Waals surface area contributed by atoms with Crippen LogP contribution in [0.3, 0.4) is 0 Å². The molecule has 0 unspecified atom stereocenters. The van der Waals surface area contributed by atoms with E-state index in [0.717, 1.165) is 10.2 Å². The largest absolute Gasteiger partial charge is 0.497 e. The van der Waals surface area contributed by atoms with Crippen LogP contribution in [0.25, 0.3) is 5.69 Å². The Morgan fingerprint density at radius 3 is 2.56 bits per heavy atom. The van der Waals surface area contributed by atoms with Crippen molar-refractivity contribution >= 4 is 27.5 Å². The molecule has 1 aromatic heterocycles. The number of nitrogens with zero attached hydrogens (tertiary/aromatic N) is 2. The van der Waals surface area contributed by atoms with Crippen molar-refractivity contribution < 1.29 is 14.3 Å². The highest BCUT2D eigenvalue weighted by molar-refractivity contribution is 9.10. The Kier molecular flexibility index (Phi) is 5.04. The minimum atomic E-state index is -0.271. The standard InChI is InChI=1S/C18H16BrN3O3/c1-24-15-7-8-16(17(9-15)25-2)21-18(23)12-10-20-22(11-12)14-5-3-13(19)4-6-14/h3-11H,1-2H3,(H,21,23). The topological polar surface area (TPSA) is 65.4 Å². The molecule has 0 saturated carbocycles. The van der Waals surface area contributed by atoms with Crippen LogP contribution >= 0.6 is 15.9 Å². The second-order valence-corrected chi connectivity index (χ2v) is 6.09. The van der Waals surface area contributed by atoms with Gasteiger partial charge in [0.2, 0.25) is 0 Å². The van der Waals surface area contributed by atoms with Crippen LogP contribution in [0.2, 0.25) is 0 Å². The zero-order valence-corrected chi connectivity index (χ0v) is 15.3. The van der Waals surface area contributed by atoms with Gasteiger partial charge < -0.3 is 14.8 Å². The molecule has 1 heterocycles. The molecule has 1 amide bonds. The molecule has 1 N–H and O–H groups in total. The minimum absolute atomic E-state index is 0.271. The van der Waals surface area contributed by atoms with Crippen LogP contribution in [-0.4, -0.2) is 29.9 Å². The van der Waals surface area contributed by atoms with Gasteiger partial charge in [-0.15, -0.1) is 0 Å². The lowest BCUT2D eigenvalue weighted by Gasteiger charge is -2.11. The average molecular weight is 402 g/mol. The number of benzene rings is 2. The summed E-state index contributed by atoms with van der Waals surface area (Å²) in [6, 6.07) is 12.8. The Labute approximate surface area is 153 Å². The number of ether oxygens (including phenoxy) is 2. The lowest BCUT2D eigenvalue weighted by atomic mass is 10.2. The van der Waals surface area contributed by atoms with Crippen molar-refractivity contribution in [2.45, 2.75) is 0 Å². The van der Waals surface area contributed by atoms with Crippen LogP contribution in [0, 0.1) is 0 Å². The number of carbonyl (C=O) groups excluding carboxylic acids is 1. The molecule has 0 atom stereocenters. The average Bonchev–Trinajstić information content (AvgIpc) is 3.13. The molecule has 3 rings (SSSR count). The van der Waals surface area contributed by atoms with E-state index in [1.165, 1.54) is 13.3 Å². The summed E-state index contributed by atoms with van der Waals surface area (Å²) in [5.74, 6) is 0.901. The Morgan fingerprint density at radius 2 is 1.88 bits per heavy atom. The number of nitrogens with one attached hydrogen (secondary N) is 1. The van der Waals surface area contributed by atoms with E-state index in [2.05, 4.69) is 26.3 Å². The van der Waals surface area contributed by atoms with E-state index in [0.29, 0.717) is 22.7 Å². The van der Waals surface area contributed by atoms with Crippen LogP contribution < -0.4 is 14.8 Å². The first-order chi connectivity index (χ1) is 12.1. The Balaban J connectivity index is 1.79. The maximum absolute atomic E-state index is 12.5. The molecule has 3 aromatic rings. The van der Waals surface area contributed by atoms with Gasteiger partial charge in [0, 0.05) is 16.7 Å². The molecule has 0 saturated heterocycles. The zero-order chi connectivity index (χ0) is 17.8. The molecule has 6 nitrogen and oxygen atoms in total. The van der Waals surface area contributed by atoms with Gasteiger partial charge in [-0.1, -0.05) is 15.9 Å². The fraction of sp³-hybridized carbons (Fsp3) is 0.111. The van der Waals surface area contributed by atoms with E-state index < -0.39 is 0 Å². The molecule has 7 heteroatoms. The number of rotatable bonds is 5. The molecule has 0 aliphatic carbocycles. The SMILES string of the molecule is COc1ccc(NC(=O)c2cnn(-c3ccc(Br)cc3)c2)c(OC)c1. The molecular formula is C18H16BrN3O3. The zero-order valence-electron chi connectivity index (χ0n) is 13.7. The van der Waals surface area contributed by atoms with Crippen LogP contribution in [0.1, 0.15) is 10.4 Å². The second kappa shape index (κ2) is 7.40. The van der Waals surface area contributed by atoms with Crippen molar-refractivity contribution in [2.24, 2.45) is 0 Å². The van der Waals surface area contributed by atoms with Crippen LogP contribution in [0.4, 0.5) is 5.69 Å². The maximum atomic E-state index is 12.5. The van der Waals surface area contributed by atoms with Gasteiger partial charge in [0.1, 0.15) is 11.5 Å². The van der Waals surface area contributed by atoms with E-state index in [-0.39, 0.29) is 5.91 Å². The highest BCUT2D eigenvalue weighted by Crippen LogP contribution is 2.29. The summed E-state index contributed by atoms with van der Waals surface area (Å²) in [6.45, 7) is 0. The molecule has 0 bridgehead atoms. The summed E-state index contributed by atoms with van der Waals surface area (Å²) in [4.78, 5) is 12.5. The summed E-state index contributed by atoms with van der Waals surface area (Å²) in [6.07, 6.45) is 3.20. The normalized spacial score (nSPS) is 10.4. The van der Waals surface area contributed by atoms with Gasteiger partial charge in [0.05, 0.1) is 37.4 Å². The van der Waals surface area contributed by atoms with E-state index in [4.69, 9.17) is 9.47 Å². The molecule has 25 heavy (non-hydrogen) atoms. The number of amides is 1. The summed E-state index contributed by atoms with van der Waals surface area (Å²) in [5.41, 5.74) is 1.87. The van der Waals surface area contributed by atoms with Crippen molar-refractivity contribution in [3.05, 3.63) is 64.9 Å². The van der Waals surface area contributed by atoms with Gasteiger partial charge in [0.25, 0.3) is 5.91 Å². The second-order valence-electron chi connectivity index (χ2n) is 5.17. The third kappa shape index (κ3) is 3.83. The van der Waals surface area contributed by atoms with Gasteiger partial charge in [-0.2, -0.15) is 5.10 Å². The summed E-state index contributed by atoms with van der Waals surface area (Å²) >= 11 is 3.39. The van der Waals surface area contributed by atoms with Gasteiger partial charge in [-0.25, -0.2) is 4.68 Å². The molecule has 0 radical (unpaired) electrons. The van der Waals surface area contributed by atoms with E-state index in [9.17, 15) is 4.79 Å². The van der Waals surface area contributed by atoms with Crippen molar-refractivity contribution in [1.82, 2.24) is 9.78 Å². The molecule has 0 aliphatic rings. The van der Waals surface area contributed by atoms with Gasteiger partial charge in [0.15, 0.2) is 0 Å². The van der Waals surface area contributed by atoms with Crippen LogP contribution in [0.5, 0.6) is 11.5 Å². The third-order valence-corrected chi connectivity index (χ3v) is 4.12. The predicted molar refractivity (Wildman–Crippen MR) is 98.8 cm³/mol. The first kappa shape index (κ1) is 17.0. The summed E-state index contributed by atoms with van der Waals surface area (Å²) in [5, 5.41) is 7.06. The number of aromatic nitrogens is 2. The van der Waals surface area contributed by atoms with Gasteiger partial charge in [-0.05, 0) is 36.4 Å². The fourth-order valence-electron chi connectivity index (χ4n) is 2.27.